The third kappa shape index (κ3) is 4.32. The van der Waals surface area contributed by atoms with Crippen LogP contribution >= 0.6 is 0 Å². The number of urea groups is 1. The van der Waals surface area contributed by atoms with E-state index in [1.54, 1.807) is 17.1 Å². The Morgan fingerprint density at radius 2 is 2.21 bits per heavy atom. The van der Waals surface area contributed by atoms with E-state index in [1.807, 2.05) is 0 Å². The van der Waals surface area contributed by atoms with Crippen LogP contribution in [-0.2, 0) is 24.3 Å². The van der Waals surface area contributed by atoms with Crippen LogP contribution in [0.2, 0.25) is 0 Å². The van der Waals surface area contributed by atoms with E-state index in [0.29, 0.717) is 24.4 Å². The van der Waals surface area contributed by atoms with Gasteiger partial charge in [0.15, 0.2) is 0 Å². The van der Waals surface area contributed by atoms with Gasteiger partial charge in [-0.25, -0.2) is 15.0 Å². The van der Waals surface area contributed by atoms with Crippen LogP contribution in [0.15, 0.2) is 12.4 Å². The van der Waals surface area contributed by atoms with Gasteiger partial charge in [-0.3, -0.25) is 14.2 Å². The van der Waals surface area contributed by atoms with Crippen molar-refractivity contribution in [2.75, 3.05) is 19.7 Å². The summed E-state index contributed by atoms with van der Waals surface area (Å²) in [6, 6.07) is -1.97. The summed E-state index contributed by atoms with van der Waals surface area (Å²) in [5.41, 5.74) is 2.36. The van der Waals surface area contributed by atoms with E-state index in [9.17, 15) is 18.0 Å². The molecule has 4 atom stereocenters. The average molecular weight is 431 g/mol. The number of rotatable bonds is 7. The van der Waals surface area contributed by atoms with Gasteiger partial charge in [0.25, 0.3) is 5.91 Å². The van der Waals surface area contributed by atoms with Crippen molar-refractivity contribution in [1.29, 1.82) is 0 Å². The molecule has 0 unspecified atom stereocenters. The number of fused-ring (bicyclic) bond motifs is 2. The van der Waals surface area contributed by atoms with Crippen LogP contribution in [0, 0.1) is 0 Å². The molecule has 14 nitrogen and oxygen atoms in total. The Morgan fingerprint density at radius 3 is 2.93 bits per heavy atom. The Labute approximate surface area is 166 Å². The second-order valence-corrected chi connectivity index (χ2v) is 8.17. The maximum Gasteiger partial charge on any atom is 0.418 e. The molecule has 1 aromatic heterocycles. The summed E-state index contributed by atoms with van der Waals surface area (Å²) in [7, 11) is -4.83. The number of carbonyl (C=O) groups is 2. The molecule has 3 fully saturated rings. The van der Waals surface area contributed by atoms with Crippen molar-refractivity contribution in [3.8, 4) is 0 Å². The number of aromatic nitrogens is 3. The SMILES string of the molecule is O=C(NOC[C@H]1C[C@@H](n2ccnn2)CN1)[C@@H]1CC[C@@H]2CN1C(=O)N2OS(=O)(=O)O. The molecule has 3 amide bonds. The molecular formula is C14H21N7O7S. The maximum atomic E-state index is 12.4. The van der Waals surface area contributed by atoms with E-state index < -0.39 is 34.4 Å². The van der Waals surface area contributed by atoms with Gasteiger partial charge in [0.05, 0.1) is 24.9 Å². The molecule has 15 heteroatoms. The maximum absolute atomic E-state index is 12.4. The number of hydrogen-bond acceptors (Lipinski definition) is 9. The Bertz CT molecular complexity index is 864. The Hall–Kier alpha value is -2.33. The first kappa shape index (κ1) is 20.0. The van der Waals surface area contributed by atoms with Crippen LogP contribution in [0.3, 0.4) is 0 Å². The molecule has 2 bridgehead atoms. The second-order valence-electron chi connectivity index (χ2n) is 7.17. The lowest BCUT2D eigenvalue weighted by molar-refractivity contribution is -0.139. The number of amides is 3. The lowest BCUT2D eigenvalue weighted by Crippen LogP contribution is -2.50. The molecule has 0 aromatic carbocycles. The molecule has 4 rings (SSSR count). The van der Waals surface area contributed by atoms with E-state index in [2.05, 4.69) is 25.4 Å². The van der Waals surface area contributed by atoms with Gasteiger partial charge in [-0.2, -0.15) is 13.5 Å². The molecule has 29 heavy (non-hydrogen) atoms. The van der Waals surface area contributed by atoms with Crippen LogP contribution in [0.4, 0.5) is 4.79 Å². The fourth-order valence-electron chi connectivity index (χ4n) is 3.92. The highest BCUT2D eigenvalue weighted by atomic mass is 32.3. The summed E-state index contributed by atoms with van der Waals surface area (Å²) >= 11 is 0. The first-order valence-electron chi connectivity index (χ1n) is 9.09. The highest BCUT2D eigenvalue weighted by molar-refractivity contribution is 7.80. The van der Waals surface area contributed by atoms with Gasteiger partial charge in [0.1, 0.15) is 6.04 Å². The standard InChI is InChI=1S/C14H21N7O7S/c22-13(17-27-8-9-5-11(6-15-9)20-4-3-16-18-20)12-2-1-10-7-19(12)14(23)21(10)28-29(24,25)26/h3-4,9-12,15H,1-2,5-8H2,(H,17,22)(H,24,25,26)/t9-,10-,11-,12+/m1/s1. The molecule has 0 aliphatic carbocycles. The summed E-state index contributed by atoms with van der Waals surface area (Å²) in [6.07, 6.45) is 4.82. The summed E-state index contributed by atoms with van der Waals surface area (Å²) in [5.74, 6) is -0.503. The number of nitrogens with zero attached hydrogens (tertiary/aromatic N) is 5. The van der Waals surface area contributed by atoms with Crippen molar-refractivity contribution in [2.24, 2.45) is 0 Å². The van der Waals surface area contributed by atoms with Gasteiger partial charge in [-0.15, -0.1) is 9.38 Å². The van der Waals surface area contributed by atoms with Crippen LogP contribution in [0.5, 0.6) is 0 Å². The van der Waals surface area contributed by atoms with Crippen molar-refractivity contribution in [2.45, 2.75) is 43.4 Å². The molecule has 3 saturated heterocycles. The predicted octanol–water partition coefficient (Wildman–Crippen LogP) is -1.77. The topological polar surface area (TPSA) is 168 Å². The highest BCUT2D eigenvalue weighted by Gasteiger charge is 2.49. The molecule has 3 aliphatic heterocycles. The smallest absolute Gasteiger partial charge is 0.309 e. The van der Waals surface area contributed by atoms with Gasteiger partial charge in [-0.05, 0) is 19.3 Å². The van der Waals surface area contributed by atoms with E-state index >= 15 is 0 Å². The highest BCUT2D eigenvalue weighted by Crippen LogP contribution is 2.30. The number of hydrogen-bond donors (Lipinski definition) is 3. The molecule has 0 radical (unpaired) electrons. The zero-order valence-electron chi connectivity index (χ0n) is 15.2. The monoisotopic (exact) mass is 431 g/mol. The Morgan fingerprint density at radius 1 is 1.38 bits per heavy atom. The van der Waals surface area contributed by atoms with Gasteiger partial charge in [0.2, 0.25) is 0 Å². The average Bonchev–Trinajstić information content (AvgIpc) is 3.39. The van der Waals surface area contributed by atoms with Gasteiger partial charge in [-0.1, -0.05) is 5.21 Å². The summed E-state index contributed by atoms with van der Waals surface area (Å²) in [5, 5.41) is 11.6. The zero-order chi connectivity index (χ0) is 20.6. The quantitative estimate of drug-likeness (QED) is 0.332. The number of nitrogens with one attached hydrogen (secondary N) is 2. The minimum absolute atomic E-state index is 0.0207. The first-order chi connectivity index (χ1) is 13.8. The van der Waals surface area contributed by atoms with Crippen molar-refractivity contribution in [1.82, 2.24) is 35.8 Å². The van der Waals surface area contributed by atoms with Gasteiger partial charge >= 0.3 is 16.4 Å². The number of hydroxylamine groups is 3. The van der Waals surface area contributed by atoms with Gasteiger partial charge < -0.3 is 10.2 Å². The lowest BCUT2D eigenvalue weighted by atomic mass is 10.0. The normalized spacial score (nSPS) is 29.5. The van der Waals surface area contributed by atoms with Crippen LogP contribution in [-0.4, -0.2) is 87.7 Å². The van der Waals surface area contributed by atoms with E-state index in [4.69, 9.17) is 9.39 Å². The van der Waals surface area contributed by atoms with E-state index in [0.717, 1.165) is 6.42 Å². The predicted molar refractivity (Wildman–Crippen MR) is 92.9 cm³/mol. The van der Waals surface area contributed by atoms with Crippen molar-refractivity contribution in [3.05, 3.63) is 12.4 Å². The minimum atomic E-state index is -4.83. The first-order valence-corrected chi connectivity index (χ1v) is 10.5. The van der Waals surface area contributed by atoms with Crippen molar-refractivity contribution >= 4 is 22.3 Å². The molecular weight excluding hydrogens is 410 g/mol. The summed E-state index contributed by atoms with van der Waals surface area (Å²) in [4.78, 5) is 31.3. The minimum Gasteiger partial charge on any atom is -0.309 e. The molecule has 0 saturated carbocycles. The second kappa shape index (κ2) is 7.83. The molecule has 3 N–H and O–H groups in total. The van der Waals surface area contributed by atoms with Gasteiger partial charge in [0, 0.05) is 25.3 Å². The fourth-order valence-corrected chi connectivity index (χ4v) is 4.31. The van der Waals surface area contributed by atoms with E-state index in [1.165, 1.54) is 4.90 Å². The zero-order valence-corrected chi connectivity index (χ0v) is 16.1. The number of carbonyl (C=O) groups excluding carboxylic acids is 2. The largest absolute Gasteiger partial charge is 0.418 e. The molecule has 160 valence electrons. The lowest BCUT2D eigenvalue weighted by Gasteiger charge is -2.29. The molecule has 0 spiro atoms. The van der Waals surface area contributed by atoms with Crippen LogP contribution in [0.1, 0.15) is 25.3 Å². The Kier molecular flexibility index (Phi) is 5.39. The fraction of sp³-hybridized carbons (Fsp3) is 0.714. The molecule has 3 aliphatic rings. The molecule has 4 heterocycles. The third-order valence-electron chi connectivity index (χ3n) is 5.27. The number of piperidine rings is 1. The van der Waals surface area contributed by atoms with Crippen molar-refractivity contribution in [3.63, 3.8) is 0 Å². The Balaban J connectivity index is 1.25. The summed E-state index contributed by atoms with van der Waals surface area (Å²) in [6.45, 7) is 1.07. The molecule has 1 aromatic rings. The van der Waals surface area contributed by atoms with Crippen LogP contribution in [0.25, 0.3) is 0 Å². The van der Waals surface area contributed by atoms with Crippen molar-refractivity contribution < 1.29 is 31.7 Å². The van der Waals surface area contributed by atoms with Crippen LogP contribution < -0.4 is 10.8 Å². The summed E-state index contributed by atoms with van der Waals surface area (Å²) < 4.78 is 36.7. The third-order valence-corrected chi connectivity index (χ3v) is 5.62. The van der Waals surface area contributed by atoms with E-state index in [-0.39, 0.29) is 25.2 Å².